The van der Waals surface area contributed by atoms with Gasteiger partial charge in [-0.2, -0.15) is 4.99 Å². The second-order valence-corrected chi connectivity index (χ2v) is 12.7. The second kappa shape index (κ2) is 15.6. The highest BCUT2D eigenvalue weighted by molar-refractivity contribution is 6.02. The molecule has 4 amide bonds. The molecule has 1 fully saturated rings. The fourth-order valence-electron chi connectivity index (χ4n) is 6.36. The molecular weight excluding hydrogens is 642 g/mol. The van der Waals surface area contributed by atoms with E-state index >= 15 is 0 Å². The molecule has 5 rings (SSSR count). The number of carbonyl (C=O) groups is 4. The van der Waals surface area contributed by atoms with E-state index in [4.69, 9.17) is 10.5 Å². The van der Waals surface area contributed by atoms with Crippen LogP contribution in [0, 0.1) is 0 Å². The lowest BCUT2D eigenvalue weighted by Gasteiger charge is -2.31. The lowest BCUT2D eigenvalue weighted by molar-refractivity contribution is -0.133. The Morgan fingerprint density at radius 2 is 1.80 bits per heavy atom. The van der Waals surface area contributed by atoms with Crippen molar-refractivity contribution in [1.29, 1.82) is 0 Å². The Bertz CT molecular complexity index is 1840. The number of fused-ring (bicyclic) bond motifs is 1. The van der Waals surface area contributed by atoms with Gasteiger partial charge >= 0.3 is 12.2 Å². The summed E-state index contributed by atoms with van der Waals surface area (Å²) in [6, 6.07) is 14.9. The average molecular weight is 684 g/mol. The fourth-order valence-corrected chi connectivity index (χ4v) is 6.36. The minimum atomic E-state index is -1.37. The zero-order chi connectivity index (χ0) is 35.8. The molecule has 0 spiro atoms. The van der Waals surface area contributed by atoms with Gasteiger partial charge in [0.1, 0.15) is 30.0 Å². The molecule has 2 aromatic carbocycles. The number of aromatic nitrogens is 2. The zero-order valence-corrected chi connectivity index (χ0v) is 27.9. The molecule has 3 aromatic rings. The van der Waals surface area contributed by atoms with E-state index in [-0.39, 0.29) is 55.8 Å². The van der Waals surface area contributed by atoms with Crippen molar-refractivity contribution in [2.45, 2.75) is 63.6 Å². The van der Waals surface area contributed by atoms with Crippen molar-refractivity contribution in [1.82, 2.24) is 19.8 Å². The number of hydrogen-bond donors (Lipinski definition) is 3. The van der Waals surface area contributed by atoms with E-state index in [9.17, 15) is 29.1 Å². The molecule has 14 heteroatoms. The van der Waals surface area contributed by atoms with Gasteiger partial charge < -0.3 is 25.8 Å². The Morgan fingerprint density at radius 3 is 2.46 bits per heavy atom. The van der Waals surface area contributed by atoms with Crippen molar-refractivity contribution in [2.24, 2.45) is 10.7 Å². The summed E-state index contributed by atoms with van der Waals surface area (Å²) in [6.07, 6.45) is 3.39. The topological polar surface area (TPSA) is 190 Å². The number of amidine groups is 1. The van der Waals surface area contributed by atoms with Crippen molar-refractivity contribution < 1.29 is 29.0 Å². The fraction of sp³-hybridized carbons (Fsp3) is 0.361. The van der Waals surface area contributed by atoms with Gasteiger partial charge in [-0.3, -0.25) is 23.9 Å². The molecule has 2 unspecified atom stereocenters. The Kier molecular flexibility index (Phi) is 11.1. The number of carbonyl (C=O) groups excluding carboxylic acids is 3. The van der Waals surface area contributed by atoms with Gasteiger partial charge in [-0.1, -0.05) is 67.6 Å². The van der Waals surface area contributed by atoms with Crippen molar-refractivity contribution in [3.8, 4) is 0 Å². The Balaban J connectivity index is 1.31. The van der Waals surface area contributed by atoms with Crippen LogP contribution < -0.4 is 21.5 Å². The SMILES string of the molecule is C=CCN(C(=O)O)c1cnc2n(c1=O)C(C(=O)NCc1ccc(/C(N)=N\C(=O)OCc3ccccc3)cc1)CC2(C)CC(=O)N1CCCCC1. The third-order valence-electron chi connectivity index (χ3n) is 8.99. The van der Waals surface area contributed by atoms with Gasteiger partial charge in [-0.05, 0) is 36.8 Å². The molecule has 4 N–H and O–H groups in total. The Morgan fingerprint density at radius 1 is 1.10 bits per heavy atom. The van der Waals surface area contributed by atoms with Gasteiger partial charge in [0.15, 0.2) is 0 Å². The molecule has 0 aliphatic carbocycles. The molecule has 3 heterocycles. The number of piperidine rings is 1. The predicted molar refractivity (Wildman–Crippen MR) is 186 cm³/mol. The summed E-state index contributed by atoms with van der Waals surface area (Å²) in [5, 5.41) is 12.7. The summed E-state index contributed by atoms with van der Waals surface area (Å²) >= 11 is 0. The van der Waals surface area contributed by atoms with E-state index in [0.717, 1.165) is 29.7 Å². The monoisotopic (exact) mass is 683 g/mol. The quantitative estimate of drug-likeness (QED) is 0.153. The third-order valence-corrected chi connectivity index (χ3v) is 8.99. The van der Waals surface area contributed by atoms with Gasteiger partial charge in [0.05, 0.1) is 6.20 Å². The maximum atomic E-state index is 13.9. The Hall–Kier alpha value is -5.79. The van der Waals surface area contributed by atoms with Crippen LogP contribution in [0.1, 0.15) is 67.6 Å². The summed E-state index contributed by atoms with van der Waals surface area (Å²) in [6.45, 7) is 6.68. The van der Waals surface area contributed by atoms with E-state index in [1.807, 2.05) is 35.2 Å². The van der Waals surface area contributed by atoms with E-state index < -0.39 is 35.1 Å². The first-order valence-electron chi connectivity index (χ1n) is 16.4. The third kappa shape index (κ3) is 8.08. The molecule has 1 aromatic heterocycles. The van der Waals surface area contributed by atoms with Crippen LogP contribution in [0.25, 0.3) is 0 Å². The second-order valence-electron chi connectivity index (χ2n) is 12.7. The first kappa shape index (κ1) is 35.5. The summed E-state index contributed by atoms with van der Waals surface area (Å²) in [5.41, 5.74) is 6.14. The van der Waals surface area contributed by atoms with Crippen molar-refractivity contribution >= 4 is 35.5 Å². The minimum Gasteiger partial charge on any atom is -0.465 e. The normalized spacial score (nSPS) is 18.5. The average Bonchev–Trinajstić information content (AvgIpc) is 3.42. The number of nitrogens with two attached hydrogens (primary N) is 1. The molecule has 50 heavy (non-hydrogen) atoms. The number of aliphatic imine (C=N–C) groups is 1. The lowest BCUT2D eigenvalue weighted by atomic mass is 9.82. The molecule has 1 saturated heterocycles. The molecule has 0 bridgehead atoms. The van der Waals surface area contributed by atoms with Gasteiger partial charge in [0, 0.05) is 43.6 Å². The summed E-state index contributed by atoms with van der Waals surface area (Å²) < 4.78 is 6.39. The molecule has 0 saturated carbocycles. The molecule has 2 aliphatic rings. The number of likely N-dealkylation sites (tertiary alicyclic amines) is 1. The maximum absolute atomic E-state index is 13.9. The summed E-state index contributed by atoms with van der Waals surface area (Å²) in [7, 11) is 0. The van der Waals surface area contributed by atoms with Crippen molar-refractivity contribution in [3.05, 3.63) is 106 Å². The smallest absolute Gasteiger partial charge is 0.435 e. The van der Waals surface area contributed by atoms with Crippen molar-refractivity contribution in [2.75, 3.05) is 24.5 Å². The number of anilines is 1. The number of ether oxygens (including phenoxy) is 1. The van der Waals surface area contributed by atoms with E-state index in [1.54, 1.807) is 31.2 Å². The highest BCUT2D eigenvalue weighted by Crippen LogP contribution is 2.42. The van der Waals surface area contributed by atoms with Crippen LogP contribution in [0.15, 0.2) is 83.2 Å². The molecule has 0 radical (unpaired) electrons. The van der Waals surface area contributed by atoms with Crippen LogP contribution in [-0.4, -0.2) is 69.0 Å². The predicted octanol–water partition coefficient (Wildman–Crippen LogP) is 3.88. The van der Waals surface area contributed by atoms with Gasteiger partial charge in [-0.15, -0.1) is 6.58 Å². The van der Waals surface area contributed by atoms with Crippen molar-refractivity contribution in [3.63, 3.8) is 0 Å². The van der Waals surface area contributed by atoms with Gasteiger partial charge in [-0.25, -0.2) is 14.6 Å². The first-order valence-corrected chi connectivity index (χ1v) is 16.4. The molecule has 14 nitrogen and oxygen atoms in total. The number of hydrogen-bond acceptors (Lipinski definition) is 7. The van der Waals surface area contributed by atoms with Crippen LogP contribution in [0.4, 0.5) is 15.3 Å². The number of amides is 4. The summed E-state index contributed by atoms with van der Waals surface area (Å²) in [5.74, 6) is -0.348. The van der Waals surface area contributed by atoms with E-state index in [1.165, 1.54) is 16.8 Å². The van der Waals surface area contributed by atoms with Crippen LogP contribution in [0.2, 0.25) is 0 Å². The molecular formula is C36H41N7O7. The van der Waals surface area contributed by atoms with Crippen LogP contribution >= 0.6 is 0 Å². The van der Waals surface area contributed by atoms with Crippen LogP contribution in [0.3, 0.4) is 0 Å². The largest absolute Gasteiger partial charge is 0.465 e. The lowest BCUT2D eigenvalue weighted by Crippen LogP contribution is -2.40. The Labute approximate surface area is 289 Å². The number of nitrogens with one attached hydrogen (secondary N) is 1. The number of carboxylic acid groups (broad SMARTS) is 1. The van der Waals surface area contributed by atoms with E-state index in [2.05, 4.69) is 21.9 Å². The summed E-state index contributed by atoms with van der Waals surface area (Å²) in [4.78, 5) is 76.2. The minimum absolute atomic E-state index is 0.0332. The molecule has 2 atom stereocenters. The number of benzene rings is 2. The van der Waals surface area contributed by atoms with Gasteiger partial charge in [0.2, 0.25) is 11.8 Å². The number of nitrogens with zero attached hydrogens (tertiary/aromatic N) is 5. The van der Waals surface area contributed by atoms with Gasteiger partial charge in [0.25, 0.3) is 5.56 Å². The highest BCUT2D eigenvalue weighted by atomic mass is 16.5. The maximum Gasteiger partial charge on any atom is 0.435 e. The zero-order valence-electron chi connectivity index (χ0n) is 27.9. The van der Waals surface area contributed by atoms with Crippen LogP contribution in [0.5, 0.6) is 0 Å². The van der Waals surface area contributed by atoms with Crippen LogP contribution in [-0.2, 0) is 32.9 Å². The molecule has 262 valence electrons. The number of rotatable bonds is 11. The highest BCUT2D eigenvalue weighted by Gasteiger charge is 2.47. The molecule has 2 aliphatic heterocycles. The standard InChI is InChI=1S/C36H41N7O7/c1-3-16-42(35(48)49)28-22-39-33-36(2,20-29(44)41-17-8-5-9-18-41)19-27(43(33)32(28)46)31(45)38-21-24-12-14-26(15-13-24)30(37)40-34(47)50-23-25-10-6-4-7-11-25/h3-4,6-7,10-15,22,27H,1,5,8-9,16-21,23H2,2H3,(H,38,45)(H,48,49)(H2,37,40,47). The first-order chi connectivity index (χ1) is 24.0. The van der Waals surface area contributed by atoms with E-state index in [0.29, 0.717) is 24.2 Å².